The van der Waals surface area contributed by atoms with Gasteiger partial charge in [-0.05, 0) is 78.4 Å². The number of hydrogen-bond donors (Lipinski definition) is 0. The van der Waals surface area contributed by atoms with E-state index in [4.69, 9.17) is 16.3 Å². The molecule has 0 aliphatic carbocycles. The molecule has 0 unspecified atom stereocenters. The molecule has 3 aromatic carbocycles. The van der Waals surface area contributed by atoms with Gasteiger partial charge in [0.15, 0.2) is 0 Å². The fraction of sp³-hybridized carbons (Fsp3) is 0.323. The van der Waals surface area contributed by atoms with Gasteiger partial charge in [0.2, 0.25) is 0 Å². The SMILES string of the molecule is CCCCCCOc1ccc(CCc2ccc3c(F)c(CCc4cc(F)c(Cl)c(F)c4)ccc3c2)nc1. The summed E-state index contributed by atoms with van der Waals surface area (Å²) in [7, 11) is 0. The maximum Gasteiger partial charge on any atom is 0.145 e. The highest BCUT2D eigenvalue weighted by molar-refractivity contribution is 6.30. The summed E-state index contributed by atoms with van der Waals surface area (Å²) in [6.45, 7) is 2.91. The van der Waals surface area contributed by atoms with Crippen LogP contribution in [0.5, 0.6) is 5.75 Å². The Bertz CT molecular complexity index is 1320. The number of rotatable bonds is 12. The molecule has 37 heavy (non-hydrogen) atoms. The number of aromatic nitrogens is 1. The van der Waals surface area contributed by atoms with E-state index in [-0.39, 0.29) is 5.82 Å². The molecule has 0 spiro atoms. The molecule has 1 heterocycles. The fourth-order valence-electron chi connectivity index (χ4n) is 4.40. The van der Waals surface area contributed by atoms with E-state index >= 15 is 4.39 Å². The van der Waals surface area contributed by atoms with Crippen LogP contribution in [0.2, 0.25) is 5.02 Å². The van der Waals surface area contributed by atoms with Crippen LogP contribution in [0.1, 0.15) is 55.0 Å². The van der Waals surface area contributed by atoms with Crippen molar-refractivity contribution in [3.8, 4) is 5.75 Å². The molecule has 0 N–H and O–H groups in total. The summed E-state index contributed by atoms with van der Waals surface area (Å²) in [5.74, 6) is -1.12. The van der Waals surface area contributed by atoms with Gasteiger partial charge in [0.1, 0.15) is 28.2 Å². The largest absolute Gasteiger partial charge is 0.492 e. The Morgan fingerprint density at radius 1 is 0.784 bits per heavy atom. The van der Waals surface area contributed by atoms with Crippen molar-refractivity contribution in [3.05, 3.63) is 106 Å². The first-order valence-corrected chi connectivity index (χ1v) is 13.2. The molecule has 0 radical (unpaired) electrons. The second-order valence-corrected chi connectivity index (χ2v) is 9.74. The zero-order valence-electron chi connectivity index (χ0n) is 21.0. The number of nitrogens with zero attached hydrogens (tertiary/aromatic N) is 1. The Balaban J connectivity index is 1.34. The van der Waals surface area contributed by atoms with Crippen LogP contribution in [0.15, 0.2) is 60.8 Å². The molecule has 0 bridgehead atoms. The number of aryl methyl sites for hydroxylation is 4. The third-order valence-electron chi connectivity index (χ3n) is 6.56. The van der Waals surface area contributed by atoms with Crippen molar-refractivity contribution in [2.75, 3.05) is 6.61 Å². The minimum Gasteiger partial charge on any atom is -0.492 e. The Morgan fingerprint density at radius 3 is 2.30 bits per heavy atom. The highest BCUT2D eigenvalue weighted by Crippen LogP contribution is 2.26. The molecule has 6 heteroatoms. The van der Waals surface area contributed by atoms with Crippen LogP contribution in [0.3, 0.4) is 0 Å². The van der Waals surface area contributed by atoms with Crippen LogP contribution in [-0.4, -0.2) is 11.6 Å². The van der Waals surface area contributed by atoms with Crippen LogP contribution >= 0.6 is 11.6 Å². The third kappa shape index (κ3) is 7.26. The highest BCUT2D eigenvalue weighted by atomic mass is 35.5. The smallest absolute Gasteiger partial charge is 0.145 e. The number of hydrogen-bond acceptors (Lipinski definition) is 2. The molecule has 0 saturated heterocycles. The van der Waals surface area contributed by atoms with Crippen LogP contribution in [0.25, 0.3) is 10.8 Å². The number of benzene rings is 3. The van der Waals surface area contributed by atoms with Crippen molar-refractivity contribution in [2.45, 2.75) is 58.3 Å². The Morgan fingerprint density at radius 2 is 1.57 bits per heavy atom. The zero-order valence-corrected chi connectivity index (χ0v) is 21.8. The molecule has 0 amide bonds. The lowest BCUT2D eigenvalue weighted by Gasteiger charge is -2.10. The summed E-state index contributed by atoms with van der Waals surface area (Å²) in [6, 6.07) is 15.7. The standard InChI is InChI=1S/C31H31ClF3NO/c1-2-3-4-5-16-37-26-14-13-25(36-20-26)12-7-21-8-15-27-24(17-21)11-10-23(31(27)35)9-6-22-18-28(33)30(32)29(34)19-22/h8,10-11,13-15,17-20H,2-7,9,12,16H2,1H3. The van der Waals surface area contributed by atoms with Gasteiger partial charge in [-0.15, -0.1) is 0 Å². The summed E-state index contributed by atoms with van der Waals surface area (Å²) >= 11 is 5.54. The molecule has 4 rings (SSSR count). The summed E-state index contributed by atoms with van der Waals surface area (Å²) in [5.41, 5.74) is 3.03. The predicted molar refractivity (Wildman–Crippen MR) is 144 cm³/mol. The summed E-state index contributed by atoms with van der Waals surface area (Å²) in [4.78, 5) is 4.52. The van der Waals surface area contributed by atoms with E-state index in [1.54, 1.807) is 18.3 Å². The van der Waals surface area contributed by atoms with E-state index < -0.39 is 16.7 Å². The number of ether oxygens (including phenoxy) is 1. The topological polar surface area (TPSA) is 22.1 Å². The Hall–Kier alpha value is -3.05. The van der Waals surface area contributed by atoms with Gasteiger partial charge in [0.05, 0.1) is 12.8 Å². The molecule has 2 nitrogen and oxygen atoms in total. The van der Waals surface area contributed by atoms with E-state index in [9.17, 15) is 8.78 Å². The van der Waals surface area contributed by atoms with Crippen LogP contribution < -0.4 is 4.74 Å². The normalized spacial score (nSPS) is 11.3. The molecule has 1 aromatic heterocycles. The number of pyridine rings is 1. The quantitative estimate of drug-likeness (QED) is 0.136. The lowest BCUT2D eigenvalue weighted by Crippen LogP contribution is -2.00. The number of halogens is 4. The van der Waals surface area contributed by atoms with Crippen molar-refractivity contribution < 1.29 is 17.9 Å². The molecule has 0 atom stereocenters. The summed E-state index contributed by atoms with van der Waals surface area (Å²) in [6.07, 6.45) is 8.66. The molecule has 0 aliphatic rings. The van der Waals surface area contributed by atoms with Crippen LogP contribution in [0.4, 0.5) is 13.2 Å². The number of unbranched alkanes of at least 4 members (excludes halogenated alkanes) is 3. The molecule has 4 aromatic rings. The lowest BCUT2D eigenvalue weighted by molar-refractivity contribution is 0.304. The molecular weight excluding hydrogens is 495 g/mol. The van der Waals surface area contributed by atoms with Crippen LogP contribution in [-0.2, 0) is 25.7 Å². The van der Waals surface area contributed by atoms with Gasteiger partial charge in [0.25, 0.3) is 0 Å². The van der Waals surface area contributed by atoms with E-state index in [2.05, 4.69) is 11.9 Å². The van der Waals surface area contributed by atoms with Crippen molar-refractivity contribution in [1.29, 1.82) is 0 Å². The van der Waals surface area contributed by atoms with Gasteiger partial charge in [0, 0.05) is 11.1 Å². The summed E-state index contributed by atoms with van der Waals surface area (Å²) in [5, 5.41) is 0.835. The average molecular weight is 526 g/mol. The van der Waals surface area contributed by atoms with Gasteiger partial charge in [-0.2, -0.15) is 0 Å². The minimum absolute atomic E-state index is 0.300. The van der Waals surface area contributed by atoms with Crippen molar-refractivity contribution in [2.24, 2.45) is 0 Å². The second-order valence-electron chi connectivity index (χ2n) is 9.36. The zero-order chi connectivity index (χ0) is 26.2. The third-order valence-corrected chi connectivity index (χ3v) is 6.92. The Labute approximate surface area is 221 Å². The van der Waals surface area contributed by atoms with Gasteiger partial charge in [-0.1, -0.05) is 68.1 Å². The molecule has 0 saturated carbocycles. The van der Waals surface area contributed by atoms with E-state index in [0.717, 1.165) is 41.7 Å². The number of fused-ring (bicyclic) bond motifs is 1. The maximum atomic E-state index is 15.2. The van der Waals surface area contributed by atoms with Crippen LogP contribution in [0, 0.1) is 17.5 Å². The molecule has 0 aliphatic heterocycles. The van der Waals surface area contributed by atoms with Gasteiger partial charge in [-0.3, -0.25) is 4.98 Å². The highest BCUT2D eigenvalue weighted by Gasteiger charge is 2.12. The van der Waals surface area contributed by atoms with E-state index in [1.165, 1.54) is 31.4 Å². The first kappa shape index (κ1) is 27.0. The summed E-state index contributed by atoms with van der Waals surface area (Å²) < 4.78 is 48.3. The monoisotopic (exact) mass is 525 g/mol. The van der Waals surface area contributed by atoms with E-state index in [0.29, 0.717) is 36.0 Å². The van der Waals surface area contributed by atoms with Crippen molar-refractivity contribution >= 4 is 22.4 Å². The first-order valence-electron chi connectivity index (χ1n) is 12.9. The predicted octanol–water partition coefficient (Wildman–Crippen LogP) is 8.84. The van der Waals surface area contributed by atoms with Gasteiger partial charge in [-0.25, -0.2) is 13.2 Å². The van der Waals surface area contributed by atoms with Crippen molar-refractivity contribution in [1.82, 2.24) is 4.98 Å². The average Bonchev–Trinajstić information content (AvgIpc) is 2.90. The van der Waals surface area contributed by atoms with Crippen molar-refractivity contribution in [3.63, 3.8) is 0 Å². The molecule has 194 valence electrons. The maximum absolute atomic E-state index is 15.2. The molecular formula is C31H31ClF3NO. The van der Waals surface area contributed by atoms with E-state index in [1.807, 2.05) is 30.3 Å². The molecule has 0 fully saturated rings. The van der Waals surface area contributed by atoms with Gasteiger partial charge < -0.3 is 4.74 Å². The fourth-order valence-corrected chi connectivity index (χ4v) is 4.51. The first-order chi connectivity index (χ1) is 17.9. The van der Waals surface area contributed by atoms with Gasteiger partial charge >= 0.3 is 0 Å². The lowest BCUT2D eigenvalue weighted by atomic mass is 9.98. The Kier molecular flexibility index (Phi) is 9.45. The second kappa shape index (κ2) is 13.0. The minimum atomic E-state index is -0.805.